The van der Waals surface area contributed by atoms with Crippen LogP contribution in [0.4, 0.5) is 0 Å². The van der Waals surface area contributed by atoms with Crippen LogP contribution in [0.3, 0.4) is 0 Å². The number of nitrogens with one attached hydrogen (secondary N) is 1. The molecule has 1 N–H and O–H groups in total. The average Bonchev–Trinajstić information content (AvgIpc) is 2.05. The van der Waals surface area contributed by atoms with Crippen molar-refractivity contribution < 1.29 is 0 Å². The molecule has 1 rings (SSSR count). The van der Waals surface area contributed by atoms with Crippen LogP contribution in [0.15, 0.2) is 40.6 Å². The lowest BCUT2D eigenvalue weighted by Crippen LogP contribution is -1.99. The van der Waals surface area contributed by atoms with Gasteiger partial charge in [0.1, 0.15) is 0 Å². The third kappa shape index (κ3) is 1.78. The van der Waals surface area contributed by atoms with Gasteiger partial charge in [-0.1, -0.05) is 18.2 Å². The van der Waals surface area contributed by atoms with Crippen LogP contribution in [0, 0.1) is 5.41 Å². The molecule has 0 saturated carbocycles. The zero-order valence-electron chi connectivity index (χ0n) is 7.33. The highest BCUT2D eigenvalue weighted by atomic mass is 14.7. The molecule has 0 spiro atoms. The van der Waals surface area contributed by atoms with Gasteiger partial charge in [-0.2, -0.15) is 0 Å². The lowest BCUT2D eigenvalue weighted by Gasteiger charge is -2.05. The predicted molar refractivity (Wildman–Crippen MR) is 52.9 cm³/mol. The van der Waals surface area contributed by atoms with Crippen molar-refractivity contribution in [3.63, 3.8) is 0 Å². The van der Waals surface area contributed by atoms with Gasteiger partial charge in [-0.15, -0.1) is 0 Å². The van der Waals surface area contributed by atoms with Gasteiger partial charge < -0.3 is 5.41 Å². The molecule has 12 heavy (non-hydrogen) atoms. The second kappa shape index (κ2) is 3.81. The Labute approximate surface area is 72.5 Å². The number of rotatable bonds is 1. The predicted octanol–water partition coefficient (Wildman–Crippen LogP) is 2.50. The fourth-order valence-corrected chi connectivity index (χ4v) is 1.06. The van der Waals surface area contributed by atoms with Crippen molar-refractivity contribution >= 4 is 11.9 Å². The van der Waals surface area contributed by atoms with E-state index in [1.54, 1.807) is 12.3 Å². The molecule has 0 radical (unpaired) electrons. The first-order valence-corrected chi connectivity index (χ1v) is 3.89. The smallest absolute Gasteiger partial charge is 0.0630 e. The number of aliphatic imine (C=N–C) groups is 1. The van der Waals surface area contributed by atoms with Crippen LogP contribution in [0.1, 0.15) is 13.8 Å². The van der Waals surface area contributed by atoms with E-state index in [-0.39, 0.29) is 0 Å². The second-order valence-corrected chi connectivity index (χ2v) is 2.52. The van der Waals surface area contributed by atoms with Gasteiger partial charge in [-0.3, -0.25) is 4.99 Å². The Morgan fingerprint density at radius 1 is 1.42 bits per heavy atom. The molecule has 0 saturated heterocycles. The van der Waals surface area contributed by atoms with E-state index in [1.165, 1.54) is 0 Å². The molecule has 0 heterocycles. The number of hydrogen-bond donors (Lipinski definition) is 1. The Hall–Kier alpha value is -1.44. The monoisotopic (exact) mass is 160 g/mol. The molecule has 1 aliphatic carbocycles. The third-order valence-electron chi connectivity index (χ3n) is 1.64. The summed E-state index contributed by atoms with van der Waals surface area (Å²) in [6.07, 6.45) is 9.19. The van der Waals surface area contributed by atoms with E-state index in [4.69, 9.17) is 5.41 Å². The molecule has 2 heteroatoms. The molecular formula is C10H12N2. The van der Waals surface area contributed by atoms with Crippen LogP contribution in [-0.4, -0.2) is 11.9 Å². The van der Waals surface area contributed by atoms with Crippen LogP contribution in [0.2, 0.25) is 0 Å². The maximum Gasteiger partial charge on any atom is 0.0630 e. The van der Waals surface area contributed by atoms with Crippen LogP contribution in [0.5, 0.6) is 0 Å². The van der Waals surface area contributed by atoms with Gasteiger partial charge in [0.15, 0.2) is 0 Å². The topological polar surface area (TPSA) is 36.2 Å². The van der Waals surface area contributed by atoms with Crippen LogP contribution >= 0.6 is 0 Å². The Morgan fingerprint density at radius 2 is 2.08 bits per heavy atom. The molecular weight excluding hydrogens is 148 g/mol. The molecule has 0 aromatic carbocycles. The Morgan fingerprint density at radius 3 is 2.67 bits per heavy atom. The molecule has 2 nitrogen and oxygen atoms in total. The van der Waals surface area contributed by atoms with Gasteiger partial charge in [-0.05, 0) is 19.9 Å². The van der Waals surface area contributed by atoms with E-state index in [1.807, 2.05) is 32.1 Å². The normalized spacial score (nSPS) is 20.7. The zero-order valence-corrected chi connectivity index (χ0v) is 7.33. The van der Waals surface area contributed by atoms with E-state index < -0.39 is 0 Å². The minimum Gasteiger partial charge on any atom is -0.300 e. The minimum atomic E-state index is 0.528. The highest BCUT2D eigenvalue weighted by molar-refractivity contribution is 6.09. The van der Waals surface area contributed by atoms with E-state index in [9.17, 15) is 0 Å². The van der Waals surface area contributed by atoms with Crippen molar-refractivity contribution in [3.8, 4) is 0 Å². The first-order chi connectivity index (χ1) is 5.75. The van der Waals surface area contributed by atoms with E-state index in [2.05, 4.69) is 4.99 Å². The lowest BCUT2D eigenvalue weighted by molar-refractivity contribution is 1.28. The van der Waals surface area contributed by atoms with Crippen LogP contribution in [0.25, 0.3) is 0 Å². The molecule has 0 aromatic rings. The fourth-order valence-electron chi connectivity index (χ4n) is 1.06. The van der Waals surface area contributed by atoms with Crippen molar-refractivity contribution in [2.75, 3.05) is 0 Å². The van der Waals surface area contributed by atoms with Gasteiger partial charge >= 0.3 is 0 Å². The van der Waals surface area contributed by atoms with Gasteiger partial charge in [0.05, 0.1) is 5.71 Å². The molecule has 0 bridgehead atoms. The summed E-state index contributed by atoms with van der Waals surface area (Å²) in [5, 5.41) is 7.58. The summed E-state index contributed by atoms with van der Waals surface area (Å²) in [5.74, 6) is 0. The van der Waals surface area contributed by atoms with Crippen molar-refractivity contribution in [2.24, 2.45) is 4.99 Å². The standard InChI is InChI=1S/C10H12N2/c1-3-12-8(2)9-6-4-5-7-10(9)11/h3-7,11H,1-2H3/b9-8-,11-10?,12-3-. The minimum absolute atomic E-state index is 0.528. The molecule has 62 valence electrons. The molecule has 0 amide bonds. The average molecular weight is 160 g/mol. The first kappa shape index (κ1) is 8.65. The maximum atomic E-state index is 7.58. The first-order valence-electron chi connectivity index (χ1n) is 3.89. The van der Waals surface area contributed by atoms with E-state index in [0.29, 0.717) is 5.71 Å². The Kier molecular flexibility index (Phi) is 2.75. The van der Waals surface area contributed by atoms with Gasteiger partial charge in [-0.25, -0.2) is 0 Å². The SMILES string of the molecule is C/C=N\C(C)=C1\C=CC=CC1=N. The second-order valence-electron chi connectivity index (χ2n) is 2.52. The quantitative estimate of drug-likeness (QED) is 0.572. The van der Waals surface area contributed by atoms with E-state index in [0.717, 1.165) is 11.3 Å². The van der Waals surface area contributed by atoms with Gasteiger partial charge in [0.2, 0.25) is 0 Å². The Balaban J connectivity index is 3.02. The maximum absolute atomic E-state index is 7.58. The molecule has 0 fully saturated rings. The third-order valence-corrected chi connectivity index (χ3v) is 1.64. The number of hydrogen-bond acceptors (Lipinski definition) is 2. The van der Waals surface area contributed by atoms with Crippen LogP contribution < -0.4 is 0 Å². The highest BCUT2D eigenvalue weighted by Gasteiger charge is 2.03. The number of nitrogens with zero attached hydrogens (tertiary/aromatic N) is 1. The summed E-state index contributed by atoms with van der Waals surface area (Å²) < 4.78 is 0. The molecule has 0 aromatic heterocycles. The fraction of sp³-hybridized carbons (Fsp3) is 0.200. The summed E-state index contributed by atoms with van der Waals surface area (Å²) in [6.45, 7) is 3.78. The Bertz CT molecular complexity index is 304. The summed E-state index contributed by atoms with van der Waals surface area (Å²) >= 11 is 0. The zero-order chi connectivity index (χ0) is 8.97. The van der Waals surface area contributed by atoms with Gasteiger partial charge in [0.25, 0.3) is 0 Å². The summed E-state index contributed by atoms with van der Waals surface area (Å²) in [6, 6.07) is 0. The summed E-state index contributed by atoms with van der Waals surface area (Å²) in [5.41, 5.74) is 2.32. The van der Waals surface area contributed by atoms with E-state index >= 15 is 0 Å². The highest BCUT2D eigenvalue weighted by Crippen LogP contribution is 2.12. The molecule has 0 aliphatic heterocycles. The molecule has 1 aliphatic rings. The molecule has 0 unspecified atom stereocenters. The van der Waals surface area contributed by atoms with Crippen molar-refractivity contribution in [2.45, 2.75) is 13.8 Å². The van der Waals surface area contributed by atoms with Crippen molar-refractivity contribution in [1.29, 1.82) is 5.41 Å². The molecule has 0 atom stereocenters. The van der Waals surface area contributed by atoms with Crippen LogP contribution in [-0.2, 0) is 0 Å². The lowest BCUT2D eigenvalue weighted by atomic mass is 10.0. The largest absolute Gasteiger partial charge is 0.300 e. The summed E-state index contributed by atoms with van der Waals surface area (Å²) in [7, 11) is 0. The van der Waals surface area contributed by atoms with Gasteiger partial charge in [0, 0.05) is 17.5 Å². The summed E-state index contributed by atoms with van der Waals surface area (Å²) in [4.78, 5) is 4.13. The number of allylic oxidation sites excluding steroid dienone is 6. The van der Waals surface area contributed by atoms with Crippen molar-refractivity contribution in [3.05, 3.63) is 35.6 Å². The van der Waals surface area contributed by atoms with Crippen molar-refractivity contribution in [1.82, 2.24) is 0 Å².